The fourth-order valence-electron chi connectivity index (χ4n) is 3.27. The molecular formula is C17H28N2O2. The van der Waals surface area contributed by atoms with Crippen LogP contribution in [0.2, 0.25) is 0 Å². The Kier molecular flexibility index (Phi) is 5.85. The minimum absolute atomic E-state index is 0.300. The van der Waals surface area contributed by atoms with Gasteiger partial charge in [0.2, 0.25) is 5.91 Å². The first-order valence-electron chi connectivity index (χ1n) is 7.98. The first-order valence-corrected chi connectivity index (χ1v) is 7.98. The Bertz CT molecular complexity index is 447. The van der Waals surface area contributed by atoms with Crippen LogP contribution in [0, 0.1) is 11.8 Å². The molecule has 1 aliphatic heterocycles. The highest BCUT2D eigenvalue weighted by atomic mass is 16.5. The summed E-state index contributed by atoms with van der Waals surface area (Å²) in [7, 11) is 3.79. The van der Waals surface area contributed by atoms with Crippen LogP contribution >= 0.6 is 0 Å². The summed E-state index contributed by atoms with van der Waals surface area (Å²) in [5.41, 5.74) is 1.23. The number of hydrogen-bond donors (Lipinski definition) is 0. The molecule has 1 amide bonds. The lowest BCUT2D eigenvalue weighted by Gasteiger charge is -2.34. The van der Waals surface area contributed by atoms with Crippen molar-refractivity contribution in [2.45, 2.75) is 32.6 Å². The predicted molar refractivity (Wildman–Crippen MR) is 84.1 cm³/mol. The van der Waals surface area contributed by atoms with Crippen LogP contribution in [-0.2, 0) is 23.0 Å². The van der Waals surface area contributed by atoms with Crippen molar-refractivity contribution in [3.63, 3.8) is 0 Å². The van der Waals surface area contributed by atoms with Gasteiger partial charge in [0.1, 0.15) is 0 Å². The number of nitrogens with zero attached hydrogens (tertiary/aromatic N) is 2. The van der Waals surface area contributed by atoms with E-state index in [1.165, 1.54) is 5.69 Å². The summed E-state index contributed by atoms with van der Waals surface area (Å²) in [6.45, 7) is 4.89. The van der Waals surface area contributed by atoms with Crippen molar-refractivity contribution in [3.05, 3.63) is 24.0 Å². The molecule has 1 unspecified atom stereocenters. The summed E-state index contributed by atoms with van der Waals surface area (Å²) in [6.07, 6.45) is 5.71. The molecule has 2 rings (SSSR count). The molecule has 0 spiro atoms. The van der Waals surface area contributed by atoms with Crippen molar-refractivity contribution in [3.8, 4) is 0 Å². The van der Waals surface area contributed by atoms with Crippen LogP contribution in [0.25, 0.3) is 0 Å². The zero-order valence-electron chi connectivity index (χ0n) is 13.5. The van der Waals surface area contributed by atoms with Gasteiger partial charge in [0.25, 0.3) is 0 Å². The number of rotatable bonds is 6. The first-order chi connectivity index (χ1) is 10.1. The van der Waals surface area contributed by atoms with E-state index in [0.717, 1.165) is 39.0 Å². The second kappa shape index (κ2) is 7.64. The molecule has 1 aromatic rings. The van der Waals surface area contributed by atoms with Gasteiger partial charge in [-0.25, -0.2) is 0 Å². The normalized spacial score (nSPS) is 18.0. The first kappa shape index (κ1) is 16.1. The molecule has 1 saturated heterocycles. The Morgan fingerprint density at radius 2 is 2.14 bits per heavy atom. The maximum Gasteiger partial charge on any atom is 0.222 e. The molecule has 4 heteroatoms. The lowest BCUT2D eigenvalue weighted by molar-refractivity contribution is -0.132. The Morgan fingerprint density at radius 3 is 2.71 bits per heavy atom. The van der Waals surface area contributed by atoms with Gasteiger partial charge in [0.15, 0.2) is 0 Å². The molecule has 4 nitrogen and oxygen atoms in total. The fraction of sp³-hybridized carbons (Fsp3) is 0.706. The van der Waals surface area contributed by atoms with Gasteiger partial charge in [-0.2, -0.15) is 0 Å². The van der Waals surface area contributed by atoms with Gasteiger partial charge in [-0.3, -0.25) is 4.79 Å². The van der Waals surface area contributed by atoms with Gasteiger partial charge in [-0.05, 0) is 43.2 Å². The largest absolute Gasteiger partial charge is 0.384 e. The average molecular weight is 292 g/mol. The Hall–Kier alpha value is -1.29. The molecule has 21 heavy (non-hydrogen) atoms. The number of methoxy groups -OCH3 is 1. The molecule has 2 heterocycles. The van der Waals surface area contributed by atoms with Crippen molar-refractivity contribution in [2.75, 3.05) is 26.8 Å². The molecule has 0 bridgehead atoms. The number of hydrogen-bond acceptors (Lipinski definition) is 2. The minimum Gasteiger partial charge on any atom is -0.384 e. The molecule has 0 N–H and O–H groups in total. The number of carbonyl (C=O) groups excluding carboxylic acids is 1. The summed E-state index contributed by atoms with van der Waals surface area (Å²) in [5.74, 6) is 1.59. The molecule has 1 fully saturated rings. The third-order valence-corrected chi connectivity index (χ3v) is 4.77. The van der Waals surface area contributed by atoms with Crippen molar-refractivity contribution < 1.29 is 9.53 Å². The summed E-state index contributed by atoms with van der Waals surface area (Å²) >= 11 is 0. The van der Waals surface area contributed by atoms with E-state index in [2.05, 4.69) is 17.6 Å². The standard InChI is InChI=1S/C17H28N2O2/c1-14(13-21-3)15-8-11-19(12-9-15)17(20)7-6-16-5-4-10-18(16)2/h4-5,10,14-15H,6-9,11-13H2,1-3H3. The van der Waals surface area contributed by atoms with Crippen LogP contribution in [-0.4, -0.2) is 42.2 Å². The molecule has 118 valence electrons. The van der Waals surface area contributed by atoms with Crippen molar-refractivity contribution in [2.24, 2.45) is 18.9 Å². The SMILES string of the molecule is COCC(C)C1CCN(C(=O)CCc2cccn2C)CC1. The molecule has 0 radical (unpaired) electrons. The van der Waals surface area contributed by atoms with Crippen molar-refractivity contribution in [1.82, 2.24) is 9.47 Å². The number of aryl methyl sites for hydroxylation is 2. The summed E-state index contributed by atoms with van der Waals surface area (Å²) < 4.78 is 7.33. The van der Waals surface area contributed by atoms with Crippen LogP contribution in [0.1, 0.15) is 31.9 Å². The van der Waals surface area contributed by atoms with Crippen molar-refractivity contribution >= 4 is 5.91 Å². The average Bonchev–Trinajstić information content (AvgIpc) is 2.90. The van der Waals surface area contributed by atoms with Crippen LogP contribution in [0.15, 0.2) is 18.3 Å². The second-order valence-electron chi connectivity index (χ2n) is 6.26. The summed E-state index contributed by atoms with van der Waals surface area (Å²) in [4.78, 5) is 14.3. The number of carbonyl (C=O) groups is 1. The van der Waals surface area contributed by atoms with Gasteiger partial charge < -0.3 is 14.2 Å². The van der Waals surface area contributed by atoms with Crippen LogP contribution in [0.5, 0.6) is 0 Å². The van der Waals surface area contributed by atoms with E-state index in [-0.39, 0.29) is 0 Å². The highest BCUT2D eigenvalue weighted by molar-refractivity contribution is 5.76. The zero-order chi connectivity index (χ0) is 15.2. The van der Waals surface area contributed by atoms with Crippen LogP contribution in [0.3, 0.4) is 0 Å². The second-order valence-corrected chi connectivity index (χ2v) is 6.26. The minimum atomic E-state index is 0.300. The molecule has 0 aliphatic carbocycles. The van der Waals surface area contributed by atoms with E-state index >= 15 is 0 Å². The molecule has 0 saturated carbocycles. The maximum absolute atomic E-state index is 12.3. The predicted octanol–water partition coefficient (Wildman–Crippen LogP) is 2.48. The van der Waals surface area contributed by atoms with Gasteiger partial charge in [0.05, 0.1) is 0 Å². The van der Waals surface area contributed by atoms with Gasteiger partial charge in [0, 0.05) is 52.2 Å². The van der Waals surface area contributed by atoms with Gasteiger partial charge >= 0.3 is 0 Å². The monoisotopic (exact) mass is 292 g/mol. The highest BCUT2D eigenvalue weighted by Gasteiger charge is 2.26. The fourth-order valence-corrected chi connectivity index (χ4v) is 3.27. The number of aromatic nitrogens is 1. The lowest BCUT2D eigenvalue weighted by atomic mass is 9.86. The molecule has 0 aromatic carbocycles. The number of piperidine rings is 1. The van der Waals surface area contributed by atoms with E-state index in [9.17, 15) is 4.79 Å². The van der Waals surface area contributed by atoms with E-state index in [1.54, 1.807) is 7.11 Å². The van der Waals surface area contributed by atoms with Crippen LogP contribution in [0.4, 0.5) is 0 Å². The van der Waals surface area contributed by atoms with Crippen molar-refractivity contribution in [1.29, 1.82) is 0 Å². The number of likely N-dealkylation sites (tertiary alicyclic amines) is 1. The van der Waals surface area contributed by atoms with Gasteiger partial charge in [-0.1, -0.05) is 6.92 Å². The zero-order valence-corrected chi connectivity index (χ0v) is 13.5. The summed E-state index contributed by atoms with van der Waals surface area (Å²) in [6, 6.07) is 4.12. The third-order valence-electron chi connectivity index (χ3n) is 4.77. The van der Waals surface area contributed by atoms with E-state index in [1.807, 2.05) is 24.2 Å². The summed E-state index contributed by atoms with van der Waals surface area (Å²) in [5, 5.41) is 0. The smallest absolute Gasteiger partial charge is 0.222 e. The maximum atomic E-state index is 12.3. The quantitative estimate of drug-likeness (QED) is 0.807. The van der Waals surface area contributed by atoms with E-state index < -0.39 is 0 Å². The van der Waals surface area contributed by atoms with Gasteiger partial charge in [-0.15, -0.1) is 0 Å². The molecule has 1 aliphatic rings. The van der Waals surface area contributed by atoms with E-state index in [0.29, 0.717) is 24.2 Å². The number of amides is 1. The van der Waals surface area contributed by atoms with E-state index in [4.69, 9.17) is 4.74 Å². The molecular weight excluding hydrogens is 264 g/mol. The Balaban J connectivity index is 1.74. The number of ether oxygens (including phenoxy) is 1. The third kappa shape index (κ3) is 4.34. The molecule has 1 aromatic heterocycles. The molecule has 1 atom stereocenters. The Morgan fingerprint density at radius 1 is 1.43 bits per heavy atom. The lowest BCUT2D eigenvalue weighted by Crippen LogP contribution is -2.40. The highest BCUT2D eigenvalue weighted by Crippen LogP contribution is 2.25. The Labute approximate surface area is 128 Å². The topological polar surface area (TPSA) is 34.5 Å². The van der Waals surface area contributed by atoms with Crippen LogP contribution < -0.4 is 0 Å².